The normalized spacial score (nSPS) is 13.3. The number of rotatable bonds is 5. The zero-order valence-electron chi connectivity index (χ0n) is 9.57. The first-order chi connectivity index (χ1) is 8.27. The Morgan fingerprint density at radius 3 is 2.72 bits per heavy atom. The van der Waals surface area contributed by atoms with E-state index in [2.05, 4.69) is 25.4 Å². The summed E-state index contributed by atoms with van der Waals surface area (Å²) < 4.78 is 31.1. The Morgan fingerprint density at radius 2 is 2.28 bits per heavy atom. The van der Waals surface area contributed by atoms with Crippen LogP contribution in [-0.4, -0.2) is 32.9 Å². The highest BCUT2D eigenvalue weighted by atomic mass is 79.9. The van der Waals surface area contributed by atoms with Crippen LogP contribution in [0.1, 0.15) is 5.56 Å². The first-order valence-electron chi connectivity index (χ1n) is 4.75. The summed E-state index contributed by atoms with van der Waals surface area (Å²) >= 11 is 9.81. The van der Waals surface area contributed by atoms with Crippen LogP contribution < -0.4 is 4.72 Å². The van der Waals surface area contributed by atoms with Gasteiger partial charge in [0, 0.05) is 6.54 Å². The number of esters is 1. The Hall–Kier alpha value is -0.150. The van der Waals surface area contributed by atoms with Crippen molar-refractivity contribution in [3.8, 4) is 0 Å². The lowest BCUT2D eigenvalue weighted by atomic mass is 10.4. The second kappa shape index (κ2) is 6.33. The van der Waals surface area contributed by atoms with Gasteiger partial charge in [-0.2, -0.15) is 0 Å². The smallest absolute Gasteiger partial charge is 0.320 e. The minimum absolute atomic E-state index is 0.0937. The monoisotopic (exact) mass is 375 g/mol. The Morgan fingerprint density at radius 1 is 1.67 bits per heavy atom. The quantitative estimate of drug-likeness (QED) is 0.629. The van der Waals surface area contributed by atoms with Crippen LogP contribution >= 0.6 is 38.9 Å². The van der Waals surface area contributed by atoms with Crippen molar-refractivity contribution in [3.05, 3.63) is 16.0 Å². The summed E-state index contributed by atoms with van der Waals surface area (Å²) in [5.74, 6) is -0.543. The number of ether oxygens (including phenoxy) is 1. The van der Waals surface area contributed by atoms with Gasteiger partial charge in [-0.05, 0) is 18.6 Å². The van der Waals surface area contributed by atoms with Crippen molar-refractivity contribution >= 4 is 54.9 Å². The molecule has 1 heterocycles. The van der Waals surface area contributed by atoms with E-state index in [1.54, 1.807) is 6.92 Å². The summed E-state index contributed by atoms with van der Waals surface area (Å²) in [6, 6.07) is 1.48. The molecule has 0 spiro atoms. The van der Waals surface area contributed by atoms with Crippen molar-refractivity contribution in [3.63, 3.8) is 0 Å². The molecular weight excluding hydrogens is 366 g/mol. The average Bonchev–Trinajstić information content (AvgIpc) is 2.66. The third kappa shape index (κ3) is 3.92. The van der Waals surface area contributed by atoms with Crippen molar-refractivity contribution in [2.75, 3.05) is 13.7 Å². The summed E-state index contributed by atoms with van der Waals surface area (Å²) in [7, 11) is -2.42. The number of thiophene rings is 1. The molecule has 0 aliphatic rings. The molecule has 1 aromatic rings. The summed E-state index contributed by atoms with van der Waals surface area (Å²) in [6.45, 7) is 1.63. The van der Waals surface area contributed by atoms with Gasteiger partial charge < -0.3 is 4.74 Å². The molecule has 1 rings (SSSR count). The van der Waals surface area contributed by atoms with Crippen LogP contribution in [0, 0.1) is 6.92 Å². The lowest BCUT2D eigenvalue weighted by molar-refractivity contribution is -0.139. The van der Waals surface area contributed by atoms with Crippen molar-refractivity contribution in [1.29, 1.82) is 0 Å². The Balaban J connectivity index is 2.74. The summed E-state index contributed by atoms with van der Waals surface area (Å²) in [5.41, 5.74) is 0.699. The van der Waals surface area contributed by atoms with Crippen LogP contribution in [0.2, 0.25) is 4.34 Å². The molecule has 0 fully saturated rings. The third-order valence-corrected chi connectivity index (χ3v) is 6.16. The Bertz CT molecular complexity index is 523. The van der Waals surface area contributed by atoms with Gasteiger partial charge in [0.25, 0.3) is 0 Å². The van der Waals surface area contributed by atoms with E-state index in [1.807, 2.05) is 0 Å². The van der Waals surface area contributed by atoms with Crippen LogP contribution in [-0.2, 0) is 19.6 Å². The van der Waals surface area contributed by atoms with Gasteiger partial charge in [-0.15, -0.1) is 11.3 Å². The van der Waals surface area contributed by atoms with Crippen molar-refractivity contribution in [2.45, 2.75) is 16.0 Å². The molecule has 18 heavy (non-hydrogen) atoms. The highest BCUT2D eigenvalue weighted by Gasteiger charge is 2.22. The fourth-order valence-corrected chi connectivity index (χ4v) is 4.39. The average molecular weight is 377 g/mol. The molecule has 5 nitrogen and oxygen atoms in total. The highest BCUT2D eigenvalue weighted by molar-refractivity contribution is 9.10. The number of carbonyl (C=O) groups is 1. The number of carbonyl (C=O) groups excluding carboxylic acids is 1. The van der Waals surface area contributed by atoms with Gasteiger partial charge in [-0.3, -0.25) is 4.79 Å². The molecule has 1 atom stereocenters. The maximum absolute atomic E-state index is 11.9. The molecule has 9 heteroatoms. The van der Waals surface area contributed by atoms with E-state index in [-0.39, 0.29) is 10.8 Å². The number of methoxy groups -OCH3 is 1. The molecule has 0 saturated carbocycles. The first-order valence-corrected chi connectivity index (χ1v) is 8.34. The van der Waals surface area contributed by atoms with E-state index in [1.165, 1.54) is 13.2 Å². The number of hydrogen-bond acceptors (Lipinski definition) is 5. The van der Waals surface area contributed by atoms with E-state index in [9.17, 15) is 13.2 Å². The maximum Gasteiger partial charge on any atom is 0.320 e. The van der Waals surface area contributed by atoms with Crippen LogP contribution in [0.3, 0.4) is 0 Å². The zero-order chi connectivity index (χ0) is 13.9. The second-order valence-electron chi connectivity index (χ2n) is 3.36. The van der Waals surface area contributed by atoms with Gasteiger partial charge in [0.15, 0.2) is 0 Å². The van der Waals surface area contributed by atoms with Crippen LogP contribution in [0.15, 0.2) is 10.3 Å². The first kappa shape index (κ1) is 15.9. The van der Waals surface area contributed by atoms with Gasteiger partial charge >= 0.3 is 5.97 Å². The number of alkyl halides is 1. The van der Waals surface area contributed by atoms with Crippen LogP contribution in [0.25, 0.3) is 0 Å². The lowest BCUT2D eigenvalue weighted by Gasteiger charge is -2.08. The minimum Gasteiger partial charge on any atom is -0.468 e. The SMILES string of the molecule is COC(=O)C(Br)CNS(=O)(=O)c1cc(C)c(Cl)s1. The molecular formula is C9H11BrClNO4S2. The summed E-state index contributed by atoms with van der Waals surface area (Å²) in [4.78, 5) is 10.4. The molecule has 0 aliphatic heterocycles. The lowest BCUT2D eigenvalue weighted by Crippen LogP contribution is -2.33. The van der Waals surface area contributed by atoms with E-state index >= 15 is 0 Å². The summed E-state index contributed by atoms with van der Waals surface area (Å²) in [6.07, 6.45) is 0. The molecule has 0 aliphatic carbocycles. The fraction of sp³-hybridized carbons (Fsp3) is 0.444. The minimum atomic E-state index is -3.65. The summed E-state index contributed by atoms with van der Waals surface area (Å²) in [5, 5.41) is 0. The molecule has 0 amide bonds. The van der Waals surface area contributed by atoms with Crippen LogP contribution in [0.5, 0.6) is 0 Å². The van der Waals surface area contributed by atoms with Gasteiger partial charge in [0.2, 0.25) is 10.0 Å². The van der Waals surface area contributed by atoms with Gasteiger partial charge in [0.05, 0.1) is 11.4 Å². The number of halogens is 2. The Kier molecular flexibility index (Phi) is 5.60. The molecule has 1 unspecified atom stereocenters. The molecule has 1 aromatic heterocycles. The molecule has 0 radical (unpaired) electrons. The molecule has 1 N–H and O–H groups in total. The van der Waals surface area contributed by atoms with E-state index in [0.29, 0.717) is 9.90 Å². The highest BCUT2D eigenvalue weighted by Crippen LogP contribution is 2.29. The standard InChI is InChI=1S/C9H11BrClNO4S2/c1-5-3-7(17-8(5)11)18(14,15)12-4-6(10)9(13)16-2/h3,6,12H,4H2,1-2H3. The maximum atomic E-state index is 11.9. The van der Waals surface area contributed by atoms with Crippen molar-refractivity contribution in [2.24, 2.45) is 0 Å². The number of aryl methyl sites for hydroxylation is 1. The number of nitrogens with one attached hydrogen (secondary N) is 1. The topological polar surface area (TPSA) is 72.5 Å². The fourth-order valence-electron chi connectivity index (χ4n) is 1.03. The molecule has 0 aromatic carbocycles. The largest absolute Gasteiger partial charge is 0.468 e. The van der Waals surface area contributed by atoms with Gasteiger partial charge in [-0.1, -0.05) is 27.5 Å². The number of hydrogen-bond donors (Lipinski definition) is 1. The van der Waals surface area contributed by atoms with Gasteiger partial charge in [-0.25, -0.2) is 13.1 Å². The number of sulfonamides is 1. The van der Waals surface area contributed by atoms with Crippen molar-refractivity contribution < 1.29 is 17.9 Å². The van der Waals surface area contributed by atoms with Gasteiger partial charge in [0.1, 0.15) is 9.04 Å². The predicted octanol–water partition coefficient (Wildman–Crippen LogP) is 1.92. The second-order valence-corrected chi connectivity index (χ2v) is 8.12. The van der Waals surface area contributed by atoms with E-state index in [4.69, 9.17) is 11.6 Å². The van der Waals surface area contributed by atoms with E-state index in [0.717, 1.165) is 11.3 Å². The predicted molar refractivity (Wildman–Crippen MR) is 74.0 cm³/mol. The van der Waals surface area contributed by atoms with Crippen LogP contribution in [0.4, 0.5) is 0 Å². The molecule has 102 valence electrons. The van der Waals surface area contributed by atoms with Crippen molar-refractivity contribution in [1.82, 2.24) is 4.72 Å². The molecule has 0 bridgehead atoms. The van der Waals surface area contributed by atoms with E-state index < -0.39 is 20.8 Å². The third-order valence-electron chi connectivity index (χ3n) is 2.01. The Labute approximate surface area is 123 Å². The molecule has 0 saturated heterocycles. The zero-order valence-corrected chi connectivity index (χ0v) is 13.5.